The lowest BCUT2D eigenvalue weighted by Crippen LogP contribution is -2.43. The van der Waals surface area contributed by atoms with Gasteiger partial charge < -0.3 is 29.9 Å². The molecule has 3 aromatic heterocycles. The number of ether oxygens (including phenoxy) is 2. The molecule has 14 nitrogen and oxygen atoms in total. The van der Waals surface area contributed by atoms with Crippen LogP contribution in [0.3, 0.4) is 0 Å². The maximum absolute atomic E-state index is 13.5. The number of nitrogens with one attached hydrogen (secondary N) is 1. The van der Waals surface area contributed by atoms with Crippen molar-refractivity contribution in [3.8, 4) is 39.4 Å². The van der Waals surface area contributed by atoms with Gasteiger partial charge in [-0.2, -0.15) is 0 Å². The number of likely N-dealkylation sites (tertiary alicyclic amines) is 1. The number of methoxy groups -OCH3 is 1. The summed E-state index contributed by atoms with van der Waals surface area (Å²) < 4.78 is 12.8. The van der Waals surface area contributed by atoms with Crippen molar-refractivity contribution in [2.75, 3.05) is 20.2 Å². The molecule has 0 radical (unpaired) electrons. The number of rotatable bonds is 11. The number of carbonyl (C=O) groups excluding carboxylic acids is 2. The highest BCUT2D eigenvalue weighted by Gasteiger charge is 2.36. The molecule has 0 bridgehead atoms. The van der Waals surface area contributed by atoms with Crippen LogP contribution in [0.4, 0.5) is 4.79 Å². The highest BCUT2D eigenvalue weighted by atomic mass is 35.5. The molecular formula is C43H44Cl2N6O8. The van der Waals surface area contributed by atoms with Crippen LogP contribution in [0.25, 0.3) is 39.2 Å². The van der Waals surface area contributed by atoms with Gasteiger partial charge in [-0.15, -0.1) is 0 Å². The fourth-order valence-electron chi connectivity index (χ4n) is 7.55. The number of amides is 2. The van der Waals surface area contributed by atoms with Crippen molar-refractivity contribution in [3.63, 3.8) is 0 Å². The summed E-state index contributed by atoms with van der Waals surface area (Å²) in [5.41, 5.74) is 4.10. The number of halogens is 2. The number of hydrogen-bond donors (Lipinski definition) is 3. The topological polar surface area (TPSA) is 176 Å². The number of pyridine rings is 2. The molecule has 1 unspecified atom stereocenters. The molecule has 0 spiro atoms. The summed E-state index contributed by atoms with van der Waals surface area (Å²) in [7, 11) is 1.50. The quantitative estimate of drug-likeness (QED) is 0.133. The van der Waals surface area contributed by atoms with Crippen LogP contribution in [0.15, 0.2) is 77.9 Å². The summed E-state index contributed by atoms with van der Waals surface area (Å²) in [6.45, 7) is 5.97. The molecule has 2 aliphatic heterocycles. The zero-order chi connectivity index (χ0) is 42.2. The summed E-state index contributed by atoms with van der Waals surface area (Å²) >= 11 is 14.3. The standard InChI is InChI=1S/C43H44Cl2N6O8/c1-43(2,3)59-42(57)50(22-27-12-14-36(53)47-27)20-25-11-13-33(48-39(25)58-4)32-10-6-9-31(38(32)45)30-8-5-7-29(37(30)44)24-15-16-51-35(17-24)46-19-26(40(51)54)21-49-23-28(52)18-34(49)41(55)56/h5-11,13,15-17,19,27-28,34,52H,12,14,18,20-23H2,1-4H3,(H,47,53)(H,55,56)/t27?,28-,34-/m0/s1. The zero-order valence-corrected chi connectivity index (χ0v) is 34.5. The van der Waals surface area contributed by atoms with Crippen LogP contribution >= 0.6 is 23.2 Å². The number of β-amino-alcohol motifs (C(OH)–C–C–N with tert-alkyl or cyclic N) is 1. The third-order valence-corrected chi connectivity index (χ3v) is 11.2. The smallest absolute Gasteiger partial charge is 0.410 e. The second-order valence-corrected chi connectivity index (χ2v) is 16.5. The van der Waals surface area contributed by atoms with Gasteiger partial charge in [0, 0.05) is 78.7 Å². The number of carbonyl (C=O) groups is 3. The third-order valence-electron chi connectivity index (χ3n) is 10.4. The van der Waals surface area contributed by atoms with E-state index in [0.29, 0.717) is 79.1 Å². The molecule has 2 saturated heterocycles. The summed E-state index contributed by atoms with van der Waals surface area (Å²) in [5, 5.41) is 23.4. The van der Waals surface area contributed by atoms with Gasteiger partial charge in [-0.3, -0.25) is 23.7 Å². The number of aliphatic carboxylic acids is 1. The largest absolute Gasteiger partial charge is 0.481 e. The number of aliphatic hydroxyl groups is 1. The Bertz CT molecular complexity index is 2510. The van der Waals surface area contributed by atoms with Gasteiger partial charge in [-0.05, 0) is 57.0 Å². The SMILES string of the molecule is COc1nc(-c2cccc(-c3cccc(-c4ccn5c(=O)c(CN6C[C@@H](O)C[C@H]6C(=O)O)cnc5c4)c3Cl)c2Cl)ccc1CN(CC1CCC(=O)N1)C(=O)OC(C)(C)C. The molecule has 0 aliphatic carbocycles. The molecule has 2 aliphatic rings. The normalized spacial score (nSPS) is 18.2. The lowest BCUT2D eigenvalue weighted by Gasteiger charge is -2.29. The van der Waals surface area contributed by atoms with E-state index in [-0.39, 0.29) is 50.1 Å². The second kappa shape index (κ2) is 17.0. The van der Waals surface area contributed by atoms with Crippen molar-refractivity contribution >= 4 is 46.8 Å². The summed E-state index contributed by atoms with van der Waals surface area (Å²) in [6, 6.07) is 17.2. The lowest BCUT2D eigenvalue weighted by molar-refractivity contribution is -0.142. The number of nitrogens with zero attached hydrogens (tertiary/aromatic N) is 5. The molecule has 308 valence electrons. The fourth-order valence-corrected chi connectivity index (χ4v) is 8.21. The van der Waals surface area contributed by atoms with E-state index in [2.05, 4.69) is 10.3 Å². The Labute approximate surface area is 350 Å². The Kier molecular flexibility index (Phi) is 12.0. The van der Waals surface area contributed by atoms with E-state index in [0.717, 1.165) is 0 Å². The van der Waals surface area contributed by atoms with Crippen molar-refractivity contribution in [2.45, 2.75) is 76.9 Å². The molecule has 3 atom stereocenters. The molecule has 7 rings (SSSR count). The van der Waals surface area contributed by atoms with E-state index in [1.54, 1.807) is 55.0 Å². The lowest BCUT2D eigenvalue weighted by atomic mass is 9.97. The van der Waals surface area contributed by atoms with Gasteiger partial charge in [0.15, 0.2) is 0 Å². The number of aliphatic hydroxyl groups excluding tert-OH is 1. The van der Waals surface area contributed by atoms with Crippen molar-refractivity contribution in [1.82, 2.24) is 29.5 Å². The van der Waals surface area contributed by atoms with Gasteiger partial charge in [0.05, 0.1) is 41.1 Å². The molecule has 2 amide bonds. The van der Waals surface area contributed by atoms with Crippen molar-refractivity contribution < 1.29 is 34.1 Å². The molecule has 0 saturated carbocycles. The molecule has 16 heteroatoms. The van der Waals surface area contributed by atoms with Crippen LogP contribution in [-0.2, 0) is 27.4 Å². The average Bonchev–Trinajstić information content (AvgIpc) is 3.79. The molecule has 2 aromatic carbocycles. The van der Waals surface area contributed by atoms with Crippen LogP contribution in [0.1, 0.15) is 51.2 Å². The summed E-state index contributed by atoms with van der Waals surface area (Å²) in [6.07, 6.45) is 2.86. The first-order valence-electron chi connectivity index (χ1n) is 19.1. The van der Waals surface area contributed by atoms with Crippen LogP contribution < -0.4 is 15.6 Å². The van der Waals surface area contributed by atoms with Crippen LogP contribution in [0, 0.1) is 0 Å². The number of aromatic nitrogens is 3. The maximum Gasteiger partial charge on any atom is 0.410 e. The van der Waals surface area contributed by atoms with Crippen molar-refractivity contribution in [3.05, 3.63) is 105 Å². The second-order valence-electron chi connectivity index (χ2n) is 15.8. The van der Waals surface area contributed by atoms with E-state index in [1.165, 1.54) is 17.7 Å². The zero-order valence-electron chi connectivity index (χ0n) is 32.9. The Morgan fingerprint density at radius 3 is 2.34 bits per heavy atom. The van der Waals surface area contributed by atoms with Gasteiger partial charge in [0.2, 0.25) is 11.8 Å². The van der Waals surface area contributed by atoms with Crippen molar-refractivity contribution in [1.29, 1.82) is 0 Å². The highest BCUT2D eigenvalue weighted by Crippen LogP contribution is 2.42. The van der Waals surface area contributed by atoms with Gasteiger partial charge in [-0.25, -0.2) is 14.8 Å². The highest BCUT2D eigenvalue weighted by molar-refractivity contribution is 6.39. The molecule has 5 aromatic rings. The minimum atomic E-state index is -1.05. The van der Waals surface area contributed by atoms with Crippen LogP contribution in [0.5, 0.6) is 5.88 Å². The number of hydrogen-bond acceptors (Lipinski definition) is 10. The van der Waals surface area contributed by atoms with E-state index < -0.39 is 29.8 Å². The van der Waals surface area contributed by atoms with E-state index in [4.69, 9.17) is 37.7 Å². The third kappa shape index (κ3) is 9.05. The van der Waals surface area contributed by atoms with Gasteiger partial charge in [0.25, 0.3) is 5.56 Å². The number of benzene rings is 2. The Morgan fingerprint density at radius 1 is 0.983 bits per heavy atom. The van der Waals surface area contributed by atoms with E-state index in [1.807, 2.05) is 42.5 Å². The average molecular weight is 844 g/mol. The predicted molar refractivity (Wildman–Crippen MR) is 222 cm³/mol. The number of fused-ring (bicyclic) bond motifs is 1. The Morgan fingerprint density at radius 2 is 1.68 bits per heavy atom. The van der Waals surface area contributed by atoms with E-state index in [9.17, 15) is 29.4 Å². The molecule has 5 heterocycles. The number of carboxylic acids is 1. The number of carboxylic acid groups (broad SMARTS) is 1. The van der Waals surface area contributed by atoms with E-state index >= 15 is 0 Å². The minimum absolute atomic E-state index is 0.0414. The van der Waals surface area contributed by atoms with Crippen molar-refractivity contribution in [2.24, 2.45) is 0 Å². The first-order valence-corrected chi connectivity index (χ1v) is 19.9. The first-order chi connectivity index (χ1) is 28.1. The molecular weight excluding hydrogens is 799 g/mol. The molecule has 2 fully saturated rings. The summed E-state index contributed by atoms with van der Waals surface area (Å²) in [4.78, 5) is 62.8. The predicted octanol–water partition coefficient (Wildman–Crippen LogP) is 6.44. The molecule has 59 heavy (non-hydrogen) atoms. The first kappa shape index (κ1) is 41.6. The van der Waals surface area contributed by atoms with Crippen LogP contribution in [0.2, 0.25) is 10.0 Å². The van der Waals surface area contributed by atoms with Gasteiger partial charge in [0.1, 0.15) is 17.3 Å². The summed E-state index contributed by atoms with van der Waals surface area (Å²) in [5.74, 6) is -0.804. The minimum Gasteiger partial charge on any atom is -0.481 e. The Balaban J connectivity index is 1.15. The maximum atomic E-state index is 13.5. The Hall–Kier alpha value is -5.54. The fraction of sp³-hybridized carbons (Fsp3) is 0.349. The van der Waals surface area contributed by atoms with Crippen LogP contribution in [-0.4, -0.2) is 96.3 Å². The van der Waals surface area contributed by atoms with Gasteiger partial charge in [-0.1, -0.05) is 59.6 Å². The molecule has 3 N–H and O–H groups in total. The van der Waals surface area contributed by atoms with Gasteiger partial charge >= 0.3 is 12.1 Å². The monoisotopic (exact) mass is 842 g/mol.